The number of aromatic nitrogens is 5. The van der Waals surface area contributed by atoms with Gasteiger partial charge in [-0.05, 0) is 114 Å². The standard InChI is InChI=1S/C56H28F3N9/c1-63-39-16-23-49-46(28-39)44-26-33(30-60)12-19-48(44)67(49)40-17-18-47(56(57,58)59)41(29-40)45-27-38(55-65-53(36-8-4-2-5-9-36)64-54(66-55)37-10-6-3-7-11-37)15-22-52(45)68-50-20-13-34(31-61)24-42(50)43-25-35(32-62)14-21-51(43)68/h2-29H. The molecule has 9 nitrogen and oxygen atoms in total. The number of fused-ring (bicyclic) bond motifs is 6. The molecule has 0 aliphatic rings. The molecule has 0 N–H and O–H groups in total. The van der Waals surface area contributed by atoms with E-state index in [1.54, 1.807) is 91.0 Å². The zero-order chi connectivity index (χ0) is 46.7. The number of rotatable bonds is 6. The fraction of sp³-hybridized carbons (Fsp3) is 0.0179. The summed E-state index contributed by atoms with van der Waals surface area (Å²) in [6.07, 6.45) is -4.84. The van der Waals surface area contributed by atoms with Gasteiger partial charge in [-0.25, -0.2) is 19.8 Å². The molecule has 0 fully saturated rings. The van der Waals surface area contributed by atoms with E-state index in [0.717, 1.165) is 6.07 Å². The Morgan fingerprint density at radius 3 is 1.41 bits per heavy atom. The first-order valence-electron chi connectivity index (χ1n) is 21.1. The Labute approximate surface area is 385 Å². The molecule has 0 radical (unpaired) electrons. The van der Waals surface area contributed by atoms with E-state index in [1.807, 2.05) is 69.8 Å². The van der Waals surface area contributed by atoms with Gasteiger partial charge in [-0.2, -0.15) is 29.0 Å². The zero-order valence-electron chi connectivity index (χ0n) is 35.3. The number of halogens is 3. The number of alkyl halides is 3. The predicted octanol–water partition coefficient (Wildman–Crippen LogP) is 13.9. The summed E-state index contributed by atoms with van der Waals surface area (Å²) in [5.41, 5.74) is 5.64. The highest BCUT2D eigenvalue weighted by atomic mass is 19.4. The summed E-state index contributed by atoms with van der Waals surface area (Å²) in [6.45, 7) is 7.71. The third-order valence-electron chi connectivity index (χ3n) is 12.1. The van der Waals surface area contributed by atoms with E-state index >= 15 is 13.2 Å². The lowest BCUT2D eigenvalue weighted by Crippen LogP contribution is -2.10. The van der Waals surface area contributed by atoms with E-state index in [2.05, 4.69) is 23.1 Å². The molecule has 0 atom stereocenters. The van der Waals surface area contributed by atoms with E-state index < -0.39 is 11.7 Å². The summed E-state index contributed by atoms with van der Waals surface area (Å²) >= 11 is 0. The molecule has 0 aliphatic carbocycles. The Hall–Kier alpha value is -9.88. The van der Waals surface area contributed by atoms with Crippen LogP contribution in [0.2, 0.25) is 0 Å². The smallest absolute Gasteiger partial charge is 0.309 e. The lowest BCUT2D eigenvalue weighted by molar-refractivity contribution is -0.137. The molecular weight excluding hydrogens is 856 g/mol. The van der Waals surface area contributed by atoms with Crippen molar-refractivity contribution in [1.29, 1.82) is 15.8 Å². The summed E-state index contributed by atoms with van der Waals surface area (Å²) in [5, 5.41) is 32.3. The Morgan fingerprint density at radius 1 is 0.456 bits per heavy atom. The SMILES string of the molecule is [C-]#[N+]c1ccc2c(c1)c1cc(C#N)ccc1n2-c1ccc(C(F)(F)F)c(-c2cc(-c3nc(-c4ccccc4)nc(-c4ccccc4)n3)ccc2-n2c3ccc(C#N)cc3c3cc(C#N)ccc32)c1. The molecule has 8 aromatic carbocycles. The molecule has 68 heavy (non-hydrogen) atoms. The lowest BCUT2D eigenvalue weighted by Gasteiger charge is -2.21. The number of nitrogens with zero attached hydrogens (tertiary/aromatic N) is 9. The van der Waals surface area contributed by atoms with Crippen molar-refractivity contribution in [3.8, 4) is 74.9 Å². The predicted molar refractivity (Wildman–Crippen MR) is 256 cm³/mol. The van der Waals surface area contributed by atoms with Crippen molar-refractivity contribution in [3.05, 3.63) is 204 Å². The second-order valence-electron chi connectivity index (χ2n) is 16.0. The fourth-order valence-electron chi connectivity index (χ4n) is 9.02. The Morgan fingerprint density at radius 2 is 0.926 bits per heavy atom. The summed E-state index contributed by atoms with van der Waals surface area (Å²) in [6, 6.07) is 55.0. The van der Waals surface area contributed by atoms with Crippen molar-refractivity contribution in [2.24, 2.45) is 0 Å². The van der Waals surface area contributed by atoms with Gasteiger partial charge >= 0.3 is 6.18 Å². The van der Waals surface area contributed by atoms with Gasteiger partial charge in [0.05, 0.1) is 74.8 Å². The van der Waals surface area contributed by atoms with Crippen LogP contribution in [0.25, 0.3) is 105 Å². The van der Waals surface area contributed by atoms with Crippen LogP contribution >= 0.6 is 0 Å². The molecule has 12 heteroatoms. The third-order valence-corrected chi connectivity index (χ3v) is 12.1. The second-order valence-corrected chi connectivity index (χ2v) is 16.0. The Bertz CT molecular complexity index is 3870. The highest BCUT2D eigenvalue weighted by molar-refractivity contribution is 6.12. The second kappa shape index (κ2) is 16.0. The van der Waals surface area contributed by atoms with Gasteiger partial charge in [0, 0.05) is 44.1 Å². The van der Waals surface area contributed by atoms with Crippen molar-refractivity contribution in [3.63, 3.8) is 0 Å². The minimum Gasteiger partial charge on any atom is -0.309 e. The van der Waals surface area contributed by atoms with Crippen molar-refractivity contribution in [1.82, 2.24) is 24.1 Å². The van der Waals surface area contributed by atoms with Crippen LogP contribution < -0.4 is 0 Å². The molecule has 11 aromatic rings. The van der Waals surface area contributed by atoms with Crippen LogP contribution in [-0.2, 0) is 6.18 Å². The number of nitriles is 3. The van der Waals surface area contributed by atoms with Gasteiger partial charge in [0.15, 0.2) is 23.2 Å². The van der Waals surface area contributed by atoms with Crippen molar-refractivity contribution >= 4 is 49.3 Å². The first-order valence-corrected chi connectivity index (χ1v) is 21.1. The minimum absolute atomic E-state index is 0.161. The Balaban J connectivity index is 1.25. The maximum absolute atomic E-state index is 15.8. The molecule has 3 aromatic heterocycles. The quantitative estimate of drug-likeness (QED) is 0.153. The van der Waals surface area contributed by atoms with Crippen LogP contribution in [0, 0.1) is 40.6 Å². The molecule has 0 spiro atoms. The fourth-order valence-corrected chi connectivity index (χ4v) is 9.02. The van der Waals surface area contributed by atoms with Crippen LogP contribution in [-0.4, -0.2) is 24.1 Å². The van der Waals surface area contributed by atoms with Crippen molar-refractivity contribution in [2.45, 2.75) is 6.18 Å². The molecule has 0 aliphatic heterocycles. The van der Waals surface area contributed by atoms with E-state index in [9.17, 15) is 15.8 Å². The summed E-state index contributed by atoms with van der Waals surface area (Å²) in [7, 11) is 0. The van der Waals surface area contributed by atoms with Gasteiger partial charge in [-0.1, -0.05) is 66.7 Å². The van der Waals surface area contributed by atoms with E-state index in [-0.39, 0.29) is 17.0 Å². The van der Waals surface area contributed by atoms with Gasteiger partial charge in [-0.3, -0.25) is 0 Å². The number of hydrogen-bond donors (Lipinski definition) is 0. The molecule has 0 saturated carbocycles. The molecule has 11 rings (SSSR count). The van der Waals surface area contributed by atoms with Crippen LogP contribution in [0.5, 0.6) is 0 Å². The molecule has 0 amide bonds. The van der Waals surface area contributed by atoms with E-state index in [0.29, 0.717) is 106 Å². The van der Waals surface area contributed by atoms with Gasteiger partial charge in [0.1, 0.15) is 0 Å². The van der Waals surface area contributed by atoms with Crippen LogP contribution in [0.1, 0.15) is 22.3 Å². The lowest BCUT2D eigenvalue weighted by atomic mass is 9.94. The minimum atomic E-state index is -4.84. The summed E-state index contributed by atoms with van der Waals surface area (Å²) < 4.78 is 51.0. The first kappa shape index (κ1) is 40.9. The maximum Gasteiger partial charge on any atom is 0.417 e. The highest BCUT2D eigenvalue weighted by Gasteiger charge is 2.35. The third kappa shape index (κ3) is 6.82. The molecule has 0 bridgehead atoms. The van der Waals surface area contributed by atoms with Gasteiger partial charge in [0.2, 0.25) is 0 Å². The topological polar surface area (TPSA) is 124 Å². The average Bonchev–Trinajstić information content (AvgIpc) is 3.89. The molecule has 0 saturated heterocycles. The van der Waals surface area contributed by atoms with Gasteiger partial charge in [-0.15, -0.1) is 0 Å². The summed E-state index contributed by atoms with van der Waals surface area (Å²) in [4.78, 5) is 18.3. The average molecular weight is 884 g/mol. The van der Waals surface area contributed by atoms with E-state index in [4.69, 9.17) is 21.5 Å². The van der Waals surface area contributed by atoms with Crippen molar-refractivity contribution < 1.29 is 13.2 Å². The van der Waals surface area contributed by atoms with Crippen LogP contribution in [0.15, 0.2) is 170 Å². The highest BCUT2D eigenvalue weighted by Crippen LogP contribution is 2.45. The first-order chi connectivity index (χ1) is 33.1. The van der Waals surface area contributed by atoms with E-state index in [1.165, 1.54) is 12.1 Å². The largest absolute Gasteiger partial charge is 0.417 e. The molecule has 318 valence electrons. The Kier molecular flexibility index (Phi) is 9.60. The van der Waals surface area contributed by atoms with Crippen molar-refractivity contribution in [2.75, 3.05) is 0 Å². The summed E-state index contributed by atoms with van der Waals surface area (Å²) in [5.74, 6) is 0.963. The molecule has 0 unspecified atom stereocenters. The van der Waals surface area contributed by atoms with Crippen LogP contribution in [0.3, 0.4) is 0 Å². The van der Waals surface area contributed by atoms with Crippen LogP contribution in [0.4, 0.5) is 18.9 Å². The molecule has 3 heterocycles. The maximum atomic E-state index is 15.8. The zero-order valence-corrected chi connectivity index (χ0v) is 35.3. The normalized spacial score (nSPS) is 11.4. The van der Waals surface area contributed by atoms with Gasteiger partial charge < -0.3 is 9.13 Å². The molecular formula is C56H28F3N9. The van der Waals surface area contributed by atoms with Gasteiger partial charge in [0.25, 0.3) is 0 Å². The number of hydrogen-bond acceptors (Lipinski definition) is 6. The monoisotopic (exact) mass is 883 g/mol. The number of benzene rings is 8.